The smallest absolute Gasteiger partial charge is 0.129 e. The summed E-state index contributed by atoms with van der Waals surface area (Å²) in [7, 11) is 0. The van der Waals surface area contributed by atoms with Crippen molar-refractivity contribution in [3.63, 3.8) is 0 Å². The standard InChI is InChI=1S/C14H17BrFN3/c1-10(2)17-8-13-5-6-18-19(13)9-11-3-4-12(15)7-14(11)16/h3-7,10,17H,8-9H2,1-2H3. The minimum atomic E-state index is -0.215. The average molecular weight is 326 g/mol. The fourth-order valence-corrected chi connectivity index (χ4v) is 2.11. The predicted octanol–water partition coefficient (Wildman–Crippen LogP) is 3.33. The molecule has 102 valence electrons. The van der Waals surface area contributed by atoms with Crippen LogP contribution in [0.25, 0.3) is 0 Å². The zero-order valence-corrected chi connectivity index (χ0v) is 12.6. The Balaban J connectivity index is 2.12. The molecule has 1 N–H and O–H groups in total. The molecule has 0 unspecified atom stereocenters. The zero-order valence-electron chi connectivity index (χ0n) is 11.0. The third-order valence-corrected chi connectivity index (χ3v) is 3.32. The first kappa shape index (κ1) is 14.2. The first-order valence-corrected chi connectivity index (χ1v) is 7.03. The molecule has 3 nitrogen and oxygen atoms in total. The summed E-state index contributed by atoms with van der Waals surface area (Å²) < 4.78 is 16.4. The van der Waals surface area contributed by atoms with Gasteiger partial charge in [0.1, 0.15) is 5.82 Å². The van der Waals surface area contributed by atoms with Crippen LogP contribution < -0.4 is 5.32 Å². The Bertz CT molecular complexity index is 551. The van der Waals surface area contributed by atoms with Crippen molar-refractivity contribution < 1.29 is 4.39 Å². The molecule has 0 atom stereocenters. The number of halogens is 2. The van der Waals surface area contributed by atoms with Crippen LogP contribution in [0.5, 0.6) is 0 Å². The van der Waals surface area contributed by atoms with Crippen molar-refractivity contribution >= 4 is 15.9 Å². The second-order valence-corrected chi connectivity index (χ2v) is 5.67. The molecule has 0 spiro atoms. The largest absolute Gasteiger partial charge is 0.309 e. The lowest BCUT2D eigenvalue weighted by Crippen LogP contribution is -2.24. The lowest BCUT2D eigenvalue weighted by Gasteiger charge is -2.11. The summed E-state index contributed by atoms with van der Waals surface area (Å²) in [5, 5.41) is 7.59. The highest BCUT2D eigenvalue weighted by molar-refractivity contribution is 9.10. The van der Waals surface area contributed by atoms with Crippen LogP contribution in [0.3, 0.4) is 0 Å². The monoisotopic (exact) mass is 325 g/mol. The molecule has 0 bridgehead atoms. The van der Waals surface area contributed by atoms with E-state index in [1.54, 1.807) is 12.3 Å². The molecule has 0 radical (unpaired) electrons. The molecule has 0 aliphatic carbocycles. The highest BCUT2D eigenvalue weighted by atomic mass is 79.9. The number of benzene rings is 1. The summed E-state index contributed by atoms with van der Waals surface area (Å²) in [6.07, 6.45) is 1.74. The Kier molecular flexibility index (Phi) is 4.71. The molecule has 1 heterocycles. The van der Waals surface area contributed by atoms with E-state index in [2.05, 4.69) is 40.2 Å². The van der Waals surface area contributed by atoms with Crippen molar-refractivity contribution in [3.05, 3.63) is 52.0 Å². The van der Waals surface area contributed by atoms with Crippen LogP contribution in [-0.2, 0) is 13.1 Å². The van der Waals surface area contributed by atoms with E-state index in [0.29, 0.717) is 18.2 Å². The Morgan fingerprint density at radius 2 is 2.16 bits per heavy atom. The van der Waals surface area contributed by atoms with E-state index in [1.807, 2.05) is 16.8 Å². The van der Waals surface area contributed by atoms with Gasteiger partial charge in [-0.05, 0) is 18.2 Å². The van der Waals surface area contributed by atoms with Crippen LogP contribution in [0.1, 0.15) is 25.1 Å². The van der Waals surface area contributed by atoms with E-state index >= 15 is 0 Å². The number of hydrogen-bond donors (Lipinski definition) is 1. The SMILES string of the molecule is CC(C)NCc1ccnn1Cc1ccc(Br)cc1F. The first-order valence-electron chi connectivity index (χ1n) is 6.24. The number of aromatic nitrogens is 2. The normalized spacial score (nSPS) is 11.2. The highest BCUT2D eigenvalue weighted by Gasteiger charge is 2.08. The number of hydrogen-bond acceptors (Lipinski definition) is 2. The van der Waals surface area contributed by atoms with Crippen LogP contribution in [0, 0.1) is 5.82 Å². The number of nitrogens with zero attached hydrogens (tertiary/aromatic N) is 2. The zero-order chi connectivity index (χ0) is 13.8. The maximum atomic E-state index is 13.8. The summed E-state index contributed by atoms with van der Waals surface area (Å²) in [6, 6.07) is 7.46. The van der Waals surface area contributed by atoms with E-state index in [-0.39, 0.29) is 5.82 Å². The van der Waals surface area contributed by atoms with Crippen molar-refractivity contribution in [1.82, 2.24) is 15.1 Å². The second kappa shape index (κ2) is 6.30. The summed E-state index contributed by atoms with van der Waals surface area (Å²) >= 11 is 3.26. The molecular formula is C14H17BrFN3. The molecule has 1 aromatic heterocycles. The lowest BCUT2D eigenvalue weighted by atomic mass is 10.2. The number of rotatable bonds is 5. The Morgan fingerprint density at radius 3 is 2.84 bits per heavy atom. The van der Waals surface area contributed by atoms with E-state index < -0.39 is 0 Å². The van der Waals surface area contributed by atoms with E-state index in [9.17, 15) is 4.39 Å². The van der Waals surface area contributed by atoms with Gasteiger partial charge >= 0.3 is 0 Å². The quantitative estimate of drug-likeness (QED) is 0.913. The van der Waals surface area contributed by atoms with Crippen LogP contribution in [0.4, 0.5) is 4.39 Å². The minimum Gasteiger partial charge on any atom is -0.309 e. The molecule has 2 aromatic rings. The summed E-state index contributed by atoms with van der Waals surface area (Å²) in [5.74, 6) is -0.215. The van der Waals surface area contributed by atoms with Crippen molar-refractivity contribution in [2.75, 3.05) is 0 Å². The fourth-order valence-electron chi connectivity index (χ4n) is 1.77. The molecule has 0 aliphatic rings. The van der Waals surface area contributed by atoms with Crippen LogP contribution in [-0.4, -0.2) is 15.8 Å². The first-order chi connectivity index (χ1) is 9.06. The molecule has 0 aliphatic heterocycles. The Morgan fingerprint density at radius 1 is 1.37 bits per heavy atom. The minimum absolute atomic E-state index is 0.215. The highest BCUT2D eigenvalue weighted by Crippen LogP contribution is 2.16. The Hall–Kier alpha value is -1.20. The molecular weight excluding hydrogens is 309 g/mol. The fraction of sp³-hybridized carbons (Fsp3) is 0.357. The van der Waals surface area contributed by atoms with Crippen molar-refractivity contribution in [1.29, 1.82) is 0 Å². The maximum Gasteiger partial charge on any atom is 0.129 e. The van der Waals surface area contributed by atoms with Gasteiger partial charge in [-0.25, -0.2) is 4.39 Å². The van der Waals surface area contributed by atoms with Crippen LogP contribution in [0.2, 0.25) is 0 Å². The van der Waals surface area contributed by atoms with Crippen molar-refractivity contribution in [2.45, 2.75) is 33.0 Å². The summed E-state index contributed by atoms with van der Waals surface area (Å²) in [6.45, 7) is 5.36. The third kappa shape index (κ3) is 3.88. The molecule has 0 fully saturated rings. The predicted molar refractivity (Wildman–Crippen MR) is 77.4 cm³/mol. The van der Waals surface area contributed by atoms with E-state index in [4.69, 9.17) is 0 Å². The van der Waals surface area contributed by atoms with Gasteiger partial charge in [0.2, 0.25) is 0 Å². The molecule has 0 saturated heterocycles. The summed E-state index contributed by atoms with van der Waals surface area (Å²) in [4.78, 5) is 0. The van der Waals surface area contributed by atoms with Gasteiger partial charge in [0.05, 0.1) is 12.2 Å². The van der Waals surface area contributed by atoms with Gasteiger partial charge in [0.15, 0.2) is 0 Å². The lowest BCUT2D eigenvalue weighted by molar-refractivity contribution is 0.535. The van der Waals surface area contributed by atoms with Gasteiger partial charge in [0.25, 0.3) is 0 Å². The molecule has 19 heavy (non-hydrogen) atoms. The van der Waals surface area contributed by atoms with Gasteiger partial charge in [-0.15, -0.1) is 0 Å². The van der Waals surface area contributed by atoms with Gasteiger partial charge in [-0.1, -0.05) is 35.8 Å². The topological polar surface area (TPSA) is 29.9 Å². The third-order valence-electron chi connectivity index (χ3n) is 2.83. The van der Waals surface area contributed by atoms with Crippen molar-refractivity contribution in [3.8, 4) is 0 Å². The molecule has 2 rings (SSSR count). The van der Waals surface area contributed by atoms with Gasteiger partial charge in [0, 0.05) is 28.8 Å². The van der Waals surface area contributed by atoms with Gasteiger partial charge < -0.3 is 5.32 Å². The van der Waals surface area contributed by atoms with Crippen molar-refractivity contribution in [2.24, 2.45) is 0 Å². The van der Waals surface area contributed by atoms with Gasteiger partial charge in [-0.3, -0.25) is 4.68 Å². The molecule has 0 amide bonds. The molecule has 0 saturated carbocycles. The van der Waals surface area contributed by atoms with Crippen LogP contribution in [0.15, 0.2) is 34.9 Å². The number of nitrogens with one attached hydrogen (secondary N) is 1. The second-order valence-electron chi connectivity index (χ2n) is 4.75. The molecule has 1 aromatic carbocycles. The molecule has 5 heteroatoms. The summed E-state index contributed by atoms with van der Waals surface area (Å²) in [5.41, 5.74) is 1.69. The van der Waals surface area contributed by atoms with Gasteiger partial charge in [-0.2, -0.15) is 5.10 Å². The van der Waals surface area contributed by atoms with E-state index in [0.717, 1.165) is 16.7 Å². The van der Waals surface area contributed by atoms with E-state index in [1.165, 1.54) is 6.07 Å². The Labute approximate surface area is 121 Å². The van der Waals surface area contributed by atoms with Crippen LogP contribution >= 0.6 is 15.9 Å². The average Bonchev–Trinajstić information content (AvgIpc) is 2.77. The maximum absolute atomic E-state index is 13.8.